The van der Waals surface area contributed by atoms with E-state index in [4.69, 9.17) is 0 Å². The second kappa shape index (κ2) is 14.6. The molecule has 2 amide bonds. The molecule has 4 aromatic rings. The molecule has 0 aromatic heterocycles. The maximum absolute atomic E-state index is 14.9. The topological polar surface area (TPSA) is 86.8 Å². The van der Waals surface area contributed by atoms with Gasteiger partial charge in [0.15, 0.2) is 0 Å². The van der Waals surface area contributed by atoms with E-state index >= 15 is 0 Å². The van der Waals surface area contributed by atoms with Crippen molar-refractivity contribution < 1.29 is 22.4 Å². The Bertz CT molecular complexity index is 1630. The predicted octanol–water partition coefficient (Wildman–Crippen LogP) is 5.50. The zero-order valence-corrected chi connectivity index (χ0v) is 25.1. The lowest BCUT2D eigenvalue weighted by Crippen LogP contribution is -2.53. The Hall–Kier alpha value is -4.50. The second-order valence-electron chi connectivity index (χ2n) is 10.3. The number of sulfonamides is 1. The van der Waals surface area contributed by atoms with Crippen LogP contribution in [0, 0.1) is 12.7 Å². The molecule has 0 aliphatic heterocycles. The van der Waals surface area contributed by atoms with Crippen LogP contribution >= 0.6 is 0 Å². The molecule has 0 aliphatic rings. The molecule has 224 valence electrons. The first kappa shape index (κ1) is 31.4. The SMILES string of the molecule is CCCNC(=O)C(Cc1ccccc1)N(Cc1ccccc1F)C(=O)CN(c1cccc(C)c1)S(=O)(=O)c1ccccc1. The molecule has 1 N–H and O–H groups in total. The van der Waals surface area contributed by atoms with Gasteiger partial charge in [-0.1, -0.05) is 85.8 Å². The lowest BCUT2D eigenvalue weighted by atomic mass is 10.0. The Labute approximate surface area is 253 Å². The fraction of sp³-hybridized carbons (Fsp3) is 0.235. The van der Waals surface area contributed by atoms with Gasteiger partial charge in [-0.15, -0.1) is 0 Å². The summed E-state index contributed by atoms with van der Waals surface area (Å²) in [5.41, 5.74) is 2.13. The highest BCUT2D eigenvalue weighted by molar-refractivity contribution is 7.92. The predicted molar refractivity (Wildman–Crippen MR) is 166 cm³/mol. The molecule has 1 unspecified atom stereocenters. The van der Waals surface area contributed by atoms with Gasteiger partial charge in [0.05, 0.1) is 10.6 Å². The van der Waals surface area contributed by atoms with Gasteiger partial charge in [-0.25, -0.2) is 12.8 Å². The normalized spacial score (nSPS) is 11.9. The standard InChI is InChI=1S/C34H36FN3O4S/c1-3-21-36-34(40)32(23-27-14-6-4-7-15-27)37(24-28-16-10-11-20-31(28)35)33(39)25-38(29-17-12-13-26(2)22-29)43(41,42)30-18-8-5-9-19-30/h4-20,22,32H,3,21,23-25H2,1-2H3,(H,36,40). The van der Waals surface area contributed by atoms with Crippen molar-refractivity contribution in [2.75, 3.05) is 17.4 Å². The monoisotopic (exact) mass is 601 g/mol. The summed E-state index contributed by atoms with van der Waals surface area (Å²) in [6, 6.07) is 29.0. The Morgan fingerprint density at radius 1 is 0.860 bits per heavy atom. The molecular formula is C34H36FN3O4S. The minimum absolute atomic E-state index is 0.0199. The van der Waals surface area contributed by atoms with Crippen LogP contribution in [0.15, 0.2) is 114 Å². The van der Waals surface area contributed by atoms with Crippen LogP contribution in [0.3, 0.4) is 0 Å². The quantitative estimate of drug-likeness (QED) is 0.219. The third-order valence-electron chi connectivity index (χ3n) is 7.02. The van der Waals surface area contributed by atoms with Crippen LogP contribution in [0.4, 0.5) is 10.1 Å². The third-order valence-corrected chi connectivity index (χ3v) is 8.81. The highest BCUT2D eigenvalue weighted by Crippen LogP contribution is 2.26. The van der Waals surface area contributed by atoms with Crippen LogP contribution < -0.4 is 9.62 Å². The average Bonchev–Trinajstić information content (AvgIpc) is 3.02. The van der Waals surface area contributed by atoms with Crippen LogP contribution in [-0.2, 0) is 32.6 Å². The van der Waals surface area contributed by atoms with Gasteiger partial charge in [-0.2, -0.15) is 0 Å². The van der Waals surface area contributed by atoms with E-state index in [0.717, 1.165) is 15.4 Å². The number of halogens is 1. The molecule has 0 aliphatic carbocycles. The lowest BCUT2D eigenvalue weighted by molar-refractivity contribution is -0.140. The summed E-state index contributed by atoms with van der Waals surface area (Å²) in [4.78, 5) is 29.3. The molecule has 0 heterocycles. The first-order chi connectivity index (χ1) is 20.7. The number of carbonyl (C=O) groups is 2. The number of amides is 2. The van der Waals surface area contributed by atoms with Gasteiger partial charge >= 0.3 is 0 Å². The van der Waals surface area contributed by atoms with Gasteiger partial charge in [0.25, 0.3) is 10.0 Å². The zero-order chi connectivity index (χ0) is 30.8. The molecule has 0 saturated carbocycles. The van der Waals surface area contributed by atoms with E-state index in [9.17, 15) is 22.4 Å². The third kappa shape index (κ3) is 8.08. The van der Waals surface area contributed by atoms with Crippen LogP contribution in [-0.4, -0.2) is 44.3 Å². The van der Waals surface area contributed by atoms with Gasteiger partial charge in [0.2, 0.25) is 11.8 Å². The van der Waals surface area contributed by atoms with Crippen LogP contribution in [0.25, 0.3) is 0 Å². The molecule has 9 heteroatoms. The van der Waals surface area contributed by atoms with E-state index in [0.29, 0.717) is 18.7 Å². The number of aryl methyl sites for hydroxylation is 1. The fourth-order valence-electron chi connectivity index (χ4n) is 4.76. The number of nitrogens with one attached hydrogen (secondary N) is 1. The molecule has 0 bridgehead atoms. The molecular weight excluding hydrogens is 565 g/mol. The number of benzene rings is 4. The van der Waals surface area contributed by atoms with Crippen molar-refractivity contribution >= 4 is 27.5 Å². The number of carbonyl (C=O) groups excluding carboxylic acids is 2. The fourth-order valence-corrected chi connectivity index (χ4v) is 6.19. The molecule has 0 saturated heterocycles. The Balaban J connectivity index is 1.80. The number of nitrogens with zero attached hydrogens (tertiary/aromatic N) is 2. The summed E-state index contributed by atoms with van der Waals surface area (Å²) in [6.45, 7) is 3.32. The number of hydrogen-bond donors (Lipinski definition) is 1. The highest BCUT2D eigenvalue weighted by Gasteiger charge is 2.34. The summed E-state index contributed by atoms with van der Waals surface area (Å²) < 4.78 is 43.9. The van der Waals surface area contributed by atoms with Crippen molar-refractivity contribution in [3.05, 3.63) is 132 Å². The molecule has 43 heavy (non-hydrogen) atoms. The summed E-state index contributed by atoms with van der Waals surface area (Å²) in [6.07, 6.45) is 0.841. The highest BCUT2D eigenvalue weighted by atomic mass is 32.2. The summed E-state index contributed by atoms with van der Waals surface area (Å²) >= 11 is 0. The average molecular weight is 602 g/mol. The Morgan fingerprint density at radius 2 is 1.51 bits per heavy atom. The maximum Gasteiger partial charge on any atom is 0.264 e. The van der Waals surface area contributed by atoms with Gasteiger partial charge in [0, 0.05) is 25.1 Å². The van der Waals surface area contributed by atoms with Gasteiger partial charge in [-0.3, -0.25) is 13.9 Å². The van der Waals surface area contributed by atoms with E-state index in [1.807, 2.05) is 50.2 Å². The number of hydrogen-bond acceptors (Lipinski definition) is 4. The van der Waals surface area contributed by atoms with Crippen LogP contribution in [0.5, 0.6) is 0 Å². The molecule has 1 atom stereocenters. The van der Waals surface area contributed by atoms with Crippen molar-refractivity contribution in [3.8, 4) is 0 Å². The second-order valence-corrected chi connectivity index (χ2v) is 12.1. The molecule has 4 aromatic carbocycles. The molecule has 0 spiro atoms. The van der Waals surface area contributed by atoms with Crippen molar-refractivity contribution in [1.82, 2.24) is 10.2 Å². The smallest absolute Gasteiger partial charge is 0.264 e. The van der Waals surface area contributed by atoms with Crippen LogP contribution in [0.2, 0.25) is 0 Å². The van der Waals surface area contributed by atoms with E-state index in [1.165, 1.54) is 23.1 Å². The van der Waals surface area contributed by atoms with E-state index < -0.39 is 40.2 Å². The summed E-state index contributed by atoms with van der Waals surface area (Å²) in [7, 11) is -4.19. The minimum atomic E-state index is -4.19. The first-order valence-corrected chi connectivity index (χ1v) is 15.6. The molecule has 4 rings (SSSR count). The molecule has 0 fully saturated rings. The van der Waals surface area contributed by atoms with Gasteiger partial charge in [0.1, 0.15) is 18.4 Å². The zero-order valence-electron chi connectivity index (χ0n) is 24.3. The van der Waals surface area contributed by atoms with Gasteiger partial charge < -0.3 is 10.2 Å². The minimum Gasteiger partial charge on any atom is -0.354 e. The maximum atomic E-state index is 14.9. The van der Waals surface area contributed by atoms with E-state index in [-0.39, 0.29) is 23.4 Å². The first-order valence-electron chi connectivity index (χ1n) is 14.2. The summed E-state index contributed by atoms with van der Waals surface area (Å²) in [5.74, 6) is -1.57. The lowest BCUT2D eigenvalue weighted by Gasteiger charge is -2.34. The molecule has 0 radical (unpaired) electrons. The van der Waals surface area contributed by atoms with E-state index in [2.05, 4.69) is 5.32 Å². The molecule has 7 nitrogen and oxygen atoms in total. The van der Waals surface area contributed by atoms with Crippen molar-refractivity contribution in [2.24, 2.45) is 0 Å². The van der Waals surface area contributed by atoms with Crippen molar-refractivity contribution in [2.45, 2.75) is 44.2 Å². The van der Waals surface area contributed by atoms with E-state index in [1.54, 1.807) is 54.6 Å². The van der Waals surface area contributed by atoms with Gasteiger partial charge in [-0.05, 0) is 54.8 Å². The summed E-state index contributed by atoms with van der Waals surface area (Å²) in [5, 5.41) is 2.88. The van der Waals surface area contributed by atoms with Crippen molar-refractivity contribution in [1.29, 1.82) is 0 Å². The number of anilines is 1. The van der Waals surface area contributed by atoms with Crippen LogP contribution in [0.1, 0.15) is 30.0 Å². The Kier molecular flexibility index (Phi) is 10.7. The largest absolute Gasteiger partial charge is 0.354 e. The Morgan fingerprint density at radius 3 is 2.16 bits per heavy atom. The van der Waals surface area contributed by atoms with Crippen molar-refractivity contribution in [3.63, 3.8) is 0 Å². The number of rotatable bonds is 13.